The number of hydrogen-bond acceptors (Lipinski definition) is 4. The highest BCUT2D eigenvalue weighted by molar-refractivity contribution is 5.34. The molecule has 4 rings (SSSR count). The van der Waals surface area contributed by atoms with Crippen LogP contribution in [0.2, 0.25) is 0 Å². The summed E-state index contributed by atoms with van der Waals surface area (Å²) in [5, 5.41) is 3.60. The summed E-state index contributed by atoms with van der Waals surface area (Å²) in [7, 11) is 0. The zero-order valence-corrected chi connectivity index (χ0v) is 14.7. The van der Waals surface area contributed by atoms with Crippen molar-refractivity contribution < 1.29 is 4.74 Å². The van der Waals surface area contributed by atoms with Gasteiger partial charge in [0.15, 0.2) is 0 Å². The van der Waals surface area contributed by atoms with Gasteiger partial charge < -0.3 is 15.0 Å². The van der Waals surface area contributed by atoms with Gasteiger partial charge in [0.25, 0.3) is 0 Å². The predicted octanol–water partition coefficient (Wildman–Crippen LogP) is 3.36. The van der Waals surface area contributed by atoms with Crippen LogP contribution >= 0.6 is 0 Å². The lowest BCUT2D eigenvalue weighted by Gasteiger charge is -2.38. The molecular formula is C21H27N3O. The largest absolute Gasteiger partial charge is 0.373 e. The van der Waals surface area contributed by atoms with E-state index >= 15 is 0 Å². The van der Waals surface area contributed by atoms with Crippen molar-refractivity contribution >= 4 is 5.82 Å². The standard InChI is InChI=1S/C21H27N3O/c1-2-6-18(7-3-1)9-13-24-14-11-21(17-24)16-19(10-15-25-21)23-20-8-4-5-12-22-20/h1-8,12,19H,9-11,13-17H2,(H,22,23)/t19-,21-/m1/s1. The molecular weight excluding hydrogens is 310 g/mol. The van der Waals surface area contributed by atoms with Crippen LogP contribution in [0.25, 0.3) is 0 Å². The molecule has 2 saturated heterocycles. The number of hydrogen-bond donors (Lipinski definition) is 1. The molecule has 132 valence electrons. The van der Waals surface area contributed by atoms with Gasteiger partial charge in [-0.05, 0) is 43.4 Å². The SMILES string of the molecule is c1ccc(CCN2CC[C@@]3(C[C@H](Nc4ccccn4)CCO3)C2)cc1. The summed E-state index contributed by atoms with van der Waals surface area (Å²) in [5.41, 5.74) is 1.45. The number of aromatic nitrogens is 1. The minimum absolute atomic E-state index is 0.0292. The van der Waals surface area contributed by atoms with Crippen LogP contribution in [-0.2, 0) is 11.2 Å². The zero-order valence-electron chi connectivity index (χ0n) is 14.7. The van der Waals surface area contributed by atoms with E-state index in [1.165, 1.54) is 5.56 Å². The van der Waals surface area contributed by atoms with E-state index in [-0.39, 0.29) is 5.60 Å². The van der Waals surface area contributed by atoms with Crippen LogP contribution < -0.4 is 5.32 Å². The van der Waals surface area contributed by atoms with Gasteiger partial charge >= 0.3 is 0 Å². The van der Waals surface area contributed by atoms with Gasteiger partial charge in [0, 0.05) is 38.5 Å². The zero-order chi connectivity index (χ0) is 17.0. The van der Waals surface area contributed by atoms with E-state index in [1.807, 2.05) is 24.4 Å². The molecule has 2 aliphatic heterocycles. The Morgan fingerprint density at radius 2 is 2.04 bits per heavy atom. The van der Waals surface area contributed by atoms with E-state index in [0.29, 0.717) is 6.04 Å². The highest BCUT2D eigenvalue weighted by Gasteiger charge is 2.43. The average molecular weight is 337 g/mol. The van der Waals surface area contributed by atoms with Gasteiger partial charge in [-0.1, -0.05) is 36.4 Å². The van der Waals surface area contributed by atoms with Crippen molar-refractivity contribution in [3.63, 3.8) is 0 Å². The molecule has 1 N–H and O–H groups in total. The van der Waals surface area contributed by atoms with Crippen molar-refractivity contribution in [3.8, 4) is 0 Å². The number of nitrogens with zero attached hydrogens (tertiary/aromatic N) is 2. The highest BCUT2D eigenvalue weighted by atomic mass is 16.5. The van der Waals surface area contributed by atoms with Gasteiger partial charge in [0.2, 0.25) is 0 Å². The van der Waals surface area contributed by atoms with Crippen molar-refractivity contribution in [3.05, 3.63) is 60.3 Å². The van der Waals surface area contributed by atoms with Gasteiger partial charge in [-0.15, -0.1) is 0 Å². The summed E-state index contributed by atoms with van der Waals surface area (Å²) in [6.45, 7) is 4.16. The Morgan fingerprint density at radius 1 is 1.16 bits per heavy atom. The van der Waals surface area contributed by atoms with Crippen molar-refractivity contribution in [1.29, 1.82) is 0 Å². The molecule has 0 aliphatic carbocycles. The van der Waals surface area contributed by atoms with Crippen LogP contribution in [0.4, 0.5) is 5.82 Å². The summed E-state index contributed by atoms with van der Waals surface area (Å²) in [6, 6.07) is 17.3. The van der Waals surface area contributed by atoms with Crippen molar-refractivity contribution in [2.45, 2.75) is 37.3 Å². The van der Waals surface area contributed by atoms with Gasteiger partial charge in [0.05, 0.1) is 5.60 Å². The van der Waals surface area contributed by atoms with E-state index in [1.54, 1.807) is 0 Å². The third-order valence-electron chi connectivity index (χ3n) is 5.46. The maximum absolute atomic E-state index is 6.27. The normalized spacial score (nSPS) is 26.8. The Labute approximate surface area is 150 Å². The molecule has 0 unspecified atom stereocenters. The van der Waals surface area contributed by atoms with Gasteiger partial charge in [-0.2, -0.15) is 0 Å². The van der Waals surface area contributed by atoms with E-state index in [2.05, 4.69) is 45.5 Å². The Hall–Kier alpha value is -1.91. The topological polar surface area (TPSA) is 37.4 Å². The maximum atomic E-state index is 6.27. The average Bonchev–Trinajstić information content (AvgIpc) is 3.04. The van der Waals surface area contributed by atoms with E-state index < -0.39 is 0 Å². The number of anilines is 1. The summed E-state index contributed by atoms with van der Waals surface area (Å²) < 4.78 is 6.27. The Morgan fingerprint density at radius 3 is 2.88 bits per heavy atom. The summed E-state index contributed by atoms with van der Waals surface area (Å²) in [6.07, 6.45) is 6.24. The summed E-state index contributed by atoms with van der Waals surface area (Å²) >= 11 is 0. The van der Waals surface area contributed by atoms with E-state index in [0.717, 1.165) is 57.7 Å². The van der Waals surface area contributed by atoms with Crippen LogP contribution in [0.3, 0.4) is 0 Å². The van der Waals surface area contributed by atoms with E-state index in [4.69, 9.17) is 4.74 Å². The summed E-state index contributed by atoms with van der Waals surface area (Å²) in [5.74, 6) is 0.975. The van der Waals surface area contributed by atoms with Crippen LogP contribution in [0.1, 0.15) is 24.8 Å². The Balaban J connectivity index is 1.31. The molecule has 2 fully saturated rings. The lowest BCUT2D eigenvalue weighted by atomic mass is 9.89. The number of ether oxygens (including phenoxy) is 1. The molecule has 0 saturated carbocycles. The monoisotopic (exact) mass is 337 g/mol. The molecule has 3 heterocycles. The highest BCUT2D eigenvalue weighted by Crippen LogP contribution is 2.35. The number of pyridine rings is 1. The fourth-order valence-corrected chi connectivity index (χ4v) is 4.14. The summed E-state index contributed by atoms with van der Waals surface area (Å²) in [4.78, 5) is 6.97. The number of benzene rings is 1. The molecule has 4 nitrogen and oxygen atoms in total. The van der Waals surface area contributed by atoms with Crippen LogP contribution in [0.15, 0.2) is 54.7 Å². The quantitative estimate of drug-likeness (QED) is 0.908. The van der Waals surface area contributed by atoms with Gasteiger partial charge in [-0.25, -0.2) is 4.98 Å². The van der Waals surface area contributed by atoms with Crippen molar-refractivity contribution in [1.82, 2.24) is 9.88 Å². The fourth-order valence-electron chi connectivity index (χ4n) is 4.14. The molecule has 4 heteroatoms. The number of rotatable bonds is 5. The third kappa shape index (κ3) is 4.20. The number of likely N-dealkylation sites (tertiary alicyclic amines) is 1. The Bertz CT molecular complexity index is 663. The fraction of sp³-hybridized carbons (Fsp3) is 0.476. The maximum Gasteiger partial charge on any atom is 0.126 e. The first-order valence-electron chi connectivity index (χ1n) is 9.39. The van der Waals surface area contributed by atoms with Crippen molar-refractivity contribution in [2.24, 2.45) is 0 Å². The van der Waals surface area contributed by atoms with Crippen LogP contribution in [0.5, 0.6) is 0 Å². The molecule has 25 heavy (non-hydrogen) atoms. The molecule has 0 radical (unpaired) electrons. The predicted molar refractivity (Wildman–Crippen MR) is 101 cm³/mol. The second-order valence-corrected chi connectivity index (χ2v) is 7.34. The molecule has 0 bridgehead atoms. The van der Waals surface area contributed by atoms with Crippen molar-refractivity contribution in [2.75, 3.05) is 31.6 Å². The lowest BCUT2D eigenvalue weighted by molar-refractivity contribution is -0.0733. The van der Waals surface area contributed by atoms with Gasteiger partial charge in [0.1, 0.15) is 5.82 Å². The minimum Gasteiger partial charge on any atom is -0.373 e. The molecule has 1 aromatic heterocycles. The van der Waals surface area contributed by atoms with Crippen LogP contribution in [-0.4, -0.2) is 47.8 Å². The molecule has 2 atom stereocenters. The molecule has 0 amide bonds. The first-order valence-corrected chi connectivity index (χ1v) is 9.39. The second-order valence-electron chi connectivity index (χ2n) is 7.34. The lowest BCUT2D eigenvalue weighted by Crippen LogP contribution is -2.46. The van der Waals surface area contributed by atoms with E-state index in [9.17, 15) is 0 Å². The van der Waals surface area contributed by atoms with Gasteiger partial charge in [-0.3, -0.25) is 0 Å². The molecule has 1 aromatic carbocycles. The Kier molecular flexibility index (Phi) is 4.99. The smallest absolute Gasteiger partial charge is 0.126 e. The molecule has 2 aromatic rings. The third-order valence-corrected chi connectivity index (χ3v) is 5.46. The minimum atomic E-state index is 0.0292. The van der Waals surface area contributed by atoms with Crippen LogP contribution in [0, 0.1) is 0 Å². The second kappa shape index (κ2) is 7.54. The molecule has 1 spiro atoms. The first-order chi connectivity index (χ1) is 12.3. The number of nitrogens with one attached hydrogen (secondary N) is 1. The molecule has 2 aliphatic rings. The first kappa shape index (κ1) is 16.6.